The fraction of sp³-hybridized carbons (Fsp3) is 0.833. The minimum Gasteiger partial charge on any atom is -0.325 e. The Balaban J connectivity index is 2.10. The molecule has 0 aromatic heterocycles. The molecule has 1 aliphatic heterocycles. The highest BCUT2D eigenvalue weighted by molar-refractivity contribution is 6.05. The number of alkyl halides is 2. The first-order valence-corrected chi connectivity index (χ1v) is 6.32. The number of hydrogen-bond acceptors (Lipinski definition) is 3. The highest BCUT2D eigenvalue weighted by Gasteiger charge is 2.53. The van der Waals surface area contributed by atoms with Gasteiger partial charge in [-0.3, -0.25) is 14.5 Å². The van der Waals surface area contributed by atoms with Gasteiger partial charge in [0.05, 0.1) is 24.9 Å². The quantitative estimate of drug-likeness (QED) is 0.767. The topological polar surface area (TPSA) is 63.4 Å². The van der Waals surface area contributed by atoms with Gasteiger partial charge in [0, 0.05) is 0 Å². The molecule has 2 atom stereocenters. The van der Waals surface area contributed by atoms with Crippen LogP contribution in [0.15, 0.2) is 0 Å². The first-order valence-electron chi connectivity index (χ1n) is 6.32. The van der Waals surface area contributed by atoms with E-state index in [1.807, 2.05) is 6.92 Å². The van der Waals surface area contributed by atoms with Gasteiger partial charge in [-0.15, -0.1) is 0 Å². The Hall–Kier alpha value is -1.04. The summed E-state index contributed by atoms with van der Waals surface area (Å²) in [6, 6.07) is 0. The number of likely N-dealkylation sites (tertiary alicyclic amines) is 1. The van der Waals surface area contributed by atoms with E-state index in [9.17, 15) is 18.4 Å². The molecule has 102 valence electrons. The summed E-state index contributed by atoms with van der Waals surface area (Å²) in [6.45, 7) is 0.295. The molecule has 6 heteroatoms. The van der Waals surface area contributed by atoms with Crippen LogP contribution in [0, 0.1) is 17.8 Å². The molecule has 4 nitrogen and oxygen atoms in total. The van der Waals surface area contributed by atoms with Crippen molar-refractivity contribution in [3.63, 3.8) is 0 Å². The molecule has 1 saturated heterocycles. The molecule has 2 fully saturated rings. The van der Waals surface area contributed by atoms with E-state index in [1.165, 1.54) is 0 Å². The predicted octanol–water partition coefficient (Wildman–Crippen LogP) is 1.00. The molecule has 18 heavy (non-hydrogen) atoms. The second-order valence-electron chi connectivity index (χ2n) is 5.28. The second kappa shape index (κ2) is 4.57. The molecule has 2 aliphatic rings. The maximum absolute atomic E-state index is 13.2. The Bertz CT molecular complexity index is 349. The van der Waals surface area contributed by atoms with Gasteiger partial charge in [-0.2, -0.15) is 0 Å². The minimum absolute atomic E-state index is 0.366. The molecule has 1 saturated carbocycles. The van der Waals surface area contributed by atoms with Crippen molar-refractivity contribution < 1.29 is 18.4 Å². The van der Waals surface area contributed by atoms with Gasteiger partial charge >= 0.3 is 0 Å². The maximum Gasteiger partial charge on any atom is 0.277 e. The first-order chi connectivity index (χ1) is 8.39. The van der Waals surface area contributed by atoms with Crippen LogP contribution in [-0.4, -0.2) is 35.7 Å². The van der Waals surface area contributed by atoms with Crippen molar-refractivity contribution in [2.24, 2.45) is 23.5 Å². The summed E-state index contributed by atoms with van der Waals surface area (Å²) in [5.41, 5.74) is 4.94. The molecule has 2 rings (SSSR count). The first kappa shape index (κ1) is 13.4. The van der Waals surface area contributed by atoms with E-state index in [1.54, 1.807) is 0 Å². The summed E-state index contributed by atoms with van der Waals surface area (Å²) < 4.78 is 26.4. The summed E-state index contributed by atoms with van der Waals surface area (Å²) in [6.07, 6.45) is 2.22. The molecule has 0 aromatic rings. The highest BCUT2D eigenvalue weighted by Crippen LogP contribution is 2.44. The largest absolute Gasteiger partial charge is 0.325 e. The molecule has 1 heterocycles. The number of amides is 2. The monoisotopic (exact) mass is 260 g/mol. The van der Waals surface area contributed by atoms with E-state index in [4.69, 9.17) is 5.73 Å². The predicted molar refractivity (Wildman–Crippen MR) is 60.7 cm³/mol. The van der Waals surface area contributed by atoms with Gasteiger partial charge < -0.3 is 5.73 Å². The second-order valence-corrected chi connectivity index (χ2v) is 5.28. The number of fused-ring (bicyclic) bond motifs is 1. The summed E-state index contributed by atoms with van der Waals surface area (Å²) in [5.74, 6) is -4.45. The summed E-state index contributed by atoms with van der Waals surface area (Å²) in [7, 11) is 0. The molecule has 0 spiro atoms. The van der Waals surface area contributed by atoms with Crippen LogP contribution in [0.3, 0.4) is 0 Å². The van der Waals surface area contributed by atoms with Crippen molar-refractivity contribution in [1.82, 2.24) is 4.90 Å². The minimum atomic E-state index is -3.19. The van der Waals surface area contributed by atoms with Crippen molar-refractivity contribution in [3.8, 4) is 0 Å². The van der Waals surface area contributed by atoms with Gasteiger partial charge in [-0.1, -0.05) is 13.3 Å². The number of imide groups is 1. The van der Waals surface area contributed by atoms with E-state index in [0.717, 1.165) is 6.42 Å². The van der Waals surface area contributed by atoms with Gasteiger partial charge in [0.25, 0.3) is 5.92 Å². The summed E-state index contributed by atoms with van der Waals surface area (Å²) in [4.78, 5) is 24.7. The molecule has 0 bridgehead atoms. The van der Waals surface area contributed by atoms with Crippen LogP contribution < -0.4 is 5.73 Å². The third-order valence-corrected chi connectivity index (χ3v) is 4.09. The number of halogens is 2. The molecule has 1 aliphatic carbocycles. The number of nitrogens with two attached hydrogens (primary N) is 1. The lowest BCUT2D eigenvalue weighted by molar-refractivity contribution is -0.146. The lowest BCUT2D eigenvalue weighted by Gasteiger charge is -2.22. The zero-order valence-corrected chi connectivity index (χ0v) is 10.4. The molecule has 2 unspecified atom stereocenters. The van der Waals surface area contributed by atoms with Crippen molar-refractivity contribution in [2.45, 2.75) is 32.1 Å². The van der Waals surface area contributed by atoms with Gasteiger partial charge in [0.2, 0.25) is 11.8 Å². The van der Waals surface area contributed by atoms with Crippen molar-refractivity contribution >= 4 is 11.8 Å². The van der Waals surface area contributed by atoms with Crippen LogP contribution in [0.25, 0.3) is 0 Å². The SMILES string of the molecule is CCC1CC2C(=O)N(CC(F)(F)CN)C(=O)C2C1. The van der Waals surface area contributed by atoms with Crippen LogP contribution in [0.5, 0.6) is 0 Å². The standard InChI is InChI=1S/C12H18F2N2O2/c1-2-7-3-8-9(4-7)11(18)16(10(8)17)6-12(13,14)5-15/h7-9H,2-6,15H2,1H3. The Morgan fingerprint density at radius 2 is 1.78 bits per heavy atom. The van der Waals surface area contributed by atoms with Crippen LogP contribution in [0.1, 0.15) is 26.2 Å². The van der Waals surface area contributed by atoms with Crippen molar-refractivity contribution in [2.75, 3.05) is 13.1 Å². The maximum atomic E-state index is 13.2. The van der Waals surface area contributed by atoms with E-state index in [0.29, 0.717) is 23.7 Å². The van der Waals surface area contributed by atoms with Gasteiger partial charge in [-0.25, -0.2) is 8.78 Å². The van der Waals surface area contributed by atoms with Gasteiger partial charge in [-0.05, 0) is 18.8 Å². The lowest BCUT2D eigenvalue weighted by atomic mass is 10.00. The molecular formula is C12H18F2N2O2. The Labute approximate surface area is 104 Å². The van der Waals surface area contributed by atoms with Gasteiger partial charge in [0.15, 0.2) is 0 Å². The number of carbonyl (C=O) groups is 2. The van der Waals surface area contributed by atoms with Crippen LogP contribution in [0.2, 0.25) is 0 Å². The Morgan fingerprint density at radius 3 is 2.17 bits per heavy atom. The molecule has 2 N–H and O–H groups in total. The number of hydrogen-bond donors (Lipinski definition) is 1. The Kier molecular flexibility index (Phi) is 3.40. The van der Waals surface area contributed by atoms with Crippen molar-refractivity contribution in [1.29, 1.82) is 0 Å². The molecule has 2 amide bonds. The summed E-state index contributed by atoms with van der Waals surface area (Å²) >= 11 is 0. The van der Waals surface area contributed by atoms with Crippen LogP contribution >= 0.6 is 0 Å². The average molecular weight is 260 g/mol. The van der Waals surface area contributed by atoms with E-state index < -0.39 is 30.8 Å². The zero-order chi connectivity index (χ0) is 13.5. The summed E-state index contributed by atoms with van der Waals surface area (Å²) in [5, 5.41) is 0. The third-order valence-electron chi connectivity index (χ3n) is 4.09. The number of nitrogens with zero attached hydrogens (tertiary/aromatic N) is 1. The fourth-order valence-electron chi connectivity index (χ4n) is 2.98. The van der Waals surface area contributed by atoms with E-state index >= 15 is 0 Å². The molecule has 0 radical (unpaired) electrons. The van der Waals surface area contributed by atoms with Crippen LogP contribution in [-0.2, 0) is 9.59 Å². The normalized spacial score (nSPS) is 32.2. The van der Waals surface area contributed by atoms with E-state index in [2.05, 4.69) is 0 Å². The molecule has 0 aromatic carbocycles. The Morgan fingerprint density at radius 1 is 1.28 bits per heavy atom. The van der Waals surface area contributed by atoms with Crippen molar-refractivity contribution in [3.05, 3.63) is 0 Å². The zero-order valence-electron chi connectivity index (χ0n) is 10.4. The molecular weight excluding hydrogens is 242 g/mol. The lowest BCUT2D eigenvalue weighted by Crippen LogP contribution is -2.45. The number of carbonyl (C=O) groups excluding carboxylic acids is 2. The number of rotatable bonds is 4. The highest BCUT2D eigenvalue weighted by atomic mass is 19.3. The average Bonchev–Trinajstić information content (AvgIpc) is 2.85. The smallest absolute Gasteiger partial charge is 0.277 e. The van der Waals surface area contributed by atoms with Gasteiger partial charge in [0.1, 0.15) is 0 Å². The fourth-order valence-corrected chi connectivity index (χ4v) is 2.98. The van der Waals surface area contributed by atoms with Crippen LogP contribution in [0.4, 0.5) is 8.78 Å². The third kappa shape index (κ3) is 2.13. The van der Waals surface area contributed by atoms with E-state index in [-0.39, 0.29) is 11.8 Å².